The van der Waals surface area contributed by atoms with E-state index in [9.17, 15) is 9.90 Å². The van der Waals surface area contributed by atoms with Crippen LogP contribution in [0, 0.1) is 6.92 Å². The molecule has 0 saturated carbocycles. The van der Waals surface area contributed by atoms with Crippen LogP contribution in [0.15, 0.2) is 64.8 Å². The number of benzene rings is 3. The van der Waals surface area contributed by atoms with Gasteiger partial charge in [-0.25, -0.2) is 0 Å². The SMILES string of the molecule is COc1ccc(Br)cc1/C=C1\Oc2c(CN(C)Cc3ccccc3)c(O)cc(C)c2C1=O. The Labute approximate surface area is 196 Å². The molecule has 1 aliphatic rings. The van der Waals surface area contributed by atoms with Crippen LogP contribution in [0.1, 0.15) is 32.6 Å². The number of ether oxygens (including phenoxy) is 2. The number of carbonyl (C=O) groups is 1. The van der Waals surface area contributed by atoms with E-state index in [4.69, 9.17) is 9.47 Å². The second kappa shape index (κ2) is 9.18. The van der Waals surface area contributed by atoms with Crippen LogP contribution in [0.25, 0.3) is 6.08 Å². The lowest BCUT2D eigenvalue weighted by molar-refractivity contribution is 0.101. The zero-order valence-corrected chi connectivity index (χ0v) is 19.8. The summed E-state index contributed by atoms with van der Waals surface area (Å²) in [6.45, 7) is 2.94. The number of rotatable bonds is 6. The lowest BCUT2D eigenvalue weighted by Gasteiger charge is -2.19. The first-order valence-corrected chi connectivity index (χ1v) is 11.0. The van der Waals surface area contributed by atoms with E-state index in [1.165, 1.54) is 0 Å². The van der Waals surface area contributed by atoms with E-state index in [1.54, 1.807) is 26.2 Å². The fourth-order valence-electron chi connectivity index (χ4n) is 3.91. The zero-order valence-electron chi connectivity index (χ0n) is 18.2. The van der Waals surface area contributed by atoms with Crippen molar-refractivity contribution in [2.45, 2.75) is 20.0 Å². The molecule has 0 saturated heterocycles. The summed E-state index contributed by atoms with van der Waals surface area (Å²) < 4.78 is 12.3. The zero-order chi connectivity index (χ0) is 22.8. The number of fused-ring (bicyclic) bond motifs is 1. The second-order valence-corrected chi connectivity index (χ2v) is 8.79. The van der Waals surface area contributed by atoms with Gasteiger partial charge in [-0.15, -0.1) is 0 Å². The Kier molecular flexibility index (Phi) is 6.35. The summed E-state index contributed by atoms with van der Waals surface area (Å²) in [6, 6.07) is 17.3. The van der Waals surface area contributed by atoms with Crippen LogP contribution in [0.2, 0.25) is 0 Å². The van der Waals surface area contributed by atoms with Crippen LogP contribution in [0.3, 0.4) is 0 Å². The Morgan fingerprint density at radius 1 is 1.12 bits per heavy atom. The highest BCUT2D eigenvalue weighted by molar-refractivity contribution is 9.10. The summed E-state index contributed by atoms with van der Waals surface area (Å²) in [6.07, 6.45) is 1.68. The molecule has 0 radical (unpaired) electrons. The van der Waals surface area contributed by atoms with Crippen LogP contribution >= 0.6 is 15.9 Å². The fourth-order valence-corrected chi connectivity index (χ4v) is 4.29. The Balaban J connectivity index is 1.68. The standard InChI is InChI=1S/C26H24BrNO4/c1-16-11-21(29)20(15-28(2)14-17-7-5-4-6-8-17)26-24(16)25(30)23(32-26)13-18-12-19(27)9-10-22(18)31-3/h4-13,29H,14-15H2,1-3H3/b23-13-. The molecular weight excluding hydrogens is 470 g/mol. The van der Waals surface area contributed by atoms with Gasteiger partial charge in [0.05, 0.1) is 18.2 Å². The van der Waals surface area contributed by atoms with Crippen molar-refractivity contribution in [3.8, 4) is 17.2 Å². The number of carbonyl (C=O) groups excluding carboxylic acids is 1. The minimum atomic E-state index is -0.202. The smallest absolute Gasteiger partial charge is 0.232 e. The molecule has 5 nitrogen and oxygen atoms in total. The molecule has 1 N–H and O–H groups in total. The van der Waals surface area contributed by atoms with Crippen molar-refractivity contribution < 1.29 is 19.4 Å². The van der Waals surface area contributed by atoms with Gasteiger partial charge in [-0.1, -0.05) is 46.3 Å². The highest BCUT2D eigenvalue weighted by atomic mass is 79.9. The third-order valence-corrected chi connectivity index (χ3v) is 5.92. The summed E-state index contributed by atoms with van der Waals surface area (Å²) in [7, 11) is 3.55. The van der Waals surface area contributed by atoms with E-state index < -0.39 is 0 Å². The number of phenolic OH excluding ortho intramolecular Hbond substituents is 1. The Bertz CT molecular complexity index is 1200. The van der Waals surface area contributed by atoms with Gasteiger partial charge in [0.25, 0.3) is 0 Å². The summed E-state index contributed by atoms with van der Waals surface area (Å²) in [5, 5.41) is 10.7. The van der Waals surface area contributed by atoms with Gasteiger partial charge in [-0.2, -0.15) is 0 Å². The first-order valence-electron chi connectivity index (χ1n) is 10.2. The molecule has 0 fully saturated rings. The van der Waals surface area contributed by atoms with Gasteiger partial charge in [0.1, 0.15) is 17.2 Å². The molecule has 1 heterocycles. The minimum Gasteiger partial charge on any atom is -0.507 e. The highest BCUT2D eigenvalue weighted by Gasteiger charge is 2.33. The predicted octanol–water partition coefficient (Wildman–Crippen LogP) is 5.72. The average molecular weight is 494 g/mol. The number of phenols is 1. The number of methoxy groups -OCH3 is 1. The van der Waals surface area contributed by atoms with Crippen molar-refractivity contribution in [1.82, 2.24) is 4.90 Å². The third kappa shape index (κ3) is 4.42. The lowest BCUT2D eigenvalue weighted by Crippen LogP contribution is -2.17. The van der Waals surface area contributed by atoms with E-state index in [0.29, 0.717) is 41.3 Å². The van der Waals surface area contributed by atoms with Crippen molar-refractivity contribution in [3.63, 3.8) is 0 Å². The second-order valence-electron chi connectivity index (χ2n) is 7.88. The molecule has 0 bridgehead atoms. The molecule has 6 heteroatoms. The maximum atomic E-state index is 13.2. The van der Waals surface area contributed by atoms with E-state index >= 15 is 0 Å². The normalized spacial score (nSPS) is 14.0. The molecule has 3 aromatic carbocycles. The number of aromatic hydroxyl groups is 1. The van der Waals surface area contributed by atoms with Gasteiger partial charge >= 0.3 is 0 Å². The van der Waals surface area contributed by atoms with E-state index in [2.05, 4.69) is 33.0 Å². The Morgan fingerprint density at radius 3 is 2.59 bits per heavy atom. The van der Waals surface area contributed by atoms with Crippen molar-refractivity contribution in [1.29, 1.82) is 0 Å². The van der Waals surface area contributed by atoms with Crippen molar-refractivity contribution >= 4 is 27.8 Å². The van der Waals surface area contributed by atoms with Gasteiger partial charge in [0.2, 0.25) is 5.78 Å². The quantitative estimate of drug-likeness (QED) is 0.445. The van der Waals surface area contributed by atoms with Crippen LogP contribution < -0.4 is 9.47 Å². The Hall–Kier alpha value is -3.09. The number of aryl methyl sites for hydroxylation is 1. The molecule has 32 heavy (non-hydrogen) atoms. The van der Waals surface area contributed by atoms with Crippen LogP contribution in [-0.2, 0) is 13.1 Å². The number of hydrogen-bond acceptors (Lipinski definition) is 5. The van der Waals surface area contributed by atoms with Crippen molar-refractivity contribution in [2.24, 2.45) is 0 Å². The lowest BCUT2D eigenvalue weighted by atomic mass is 9.99. The van der Waals surface area contributed by atoms with Gasteiger partial charge in [-0.05, 0) is 55.4 Å². The van der Waals surface area contributed by atoms with Gasteiger partial charge < -0.3 is 14.6 Å². The average Bonchev–Trinajstić information content (AvgIpc) is 3.08. The molecular formula is C26H24BrNO4. The van der Waals surface area contributed by atoms with Crippen LogP contribution in [0.4, 0.5) is 0 Å². The number of hydrogen-bond donors (Lipinski definition) is 1. The van der Waals surface area contributed by atoms with E-state index in [0.717, 1.165) is 15.6 Å². The molecule has 3 aromatic rings. The molecule has 164 valence electrons. The number of ketones is 1. The minimum absolute atomic E-state index is 0.121. The largest absolute Gasteiger partial charge is 0.507 e. The molecule has 0 amide bonds. The maximum Gasteiger partial charge on any atom is 0.232 e. The first-order chi connectivity index (χ1) is 15.4. The highest BCUT2D eigenvalue weighted by Crippen LogP contribution is 2.42. The van der Waals surface area contributed by atoms with Gasteiger partial charge in [0.15, 0.2) is 5.76 Å². The monoisotopic (exact) mass is 493 g/mol. The summed E-state index contributed by atoms with van der Waals surface area (Å²) in [5.74, 6) is 1.18. The summed E-state index contributed by atoms with van der Waals surface area (Å²) >= 11 is 3.46. The number of Topliss-reactive ketones (excluding diaryl/α,β-unsaturated/α-hetero) is 1. The maximum absolute atomic E-state index is 13.2. The fraction of sp³-hybridized carbons (Fsp3) is 0.192. The van der Waals surface area contributed by atoms with Gasteiger partial charge in [0, 0.05) is 23.1 Å². The number of allylic oxidation sites excluding steroid dienone is 1. The molecule has 0 unspecified atom stereocenters. The van der Waals surface area contributed by atoms with Gasteiger partial charge in [-0.3, -0.25) is 9.69 Å². The van der Waals surface area contributed by atoms with Crippen LogP contribution in [-0.4, -0.2) is 29.9 Å². The third-order valence-electron chi connectivity index (χ3n) is 5.42. The van der Waals surface area contributed by atoms with E-state index in [1.807, 2.05) is 43.4 Å². The molecule has 0 spiro atoms. The molecule has 0 aliphatic carbocycles. The molecule has 0 atom stereocenters. The summed E-state index contributed by atoms with van der Waals surface area (Å²) in [5.41, 5.74) is 3.66. The predicted molar refractivity (Wildman–Crippen MR) is 128 cm³/mol. The van der Waals surface area contributed by atoms with Crippen molar-refractivity contribution in [3.05, 3.63) is 92.6 Å². The van der Waals surface area contributed by atoms with E-state index in [-0.39, 0.29) is 17.3 Å². The first kappa shape index (κ1) is 22.1. The number of nitrogens with zero attached hydrogens (tertiary/aromatic N) is 1. The topological polar surface area (TPSA) is 59.0 Å². The summed E-state index contributed by atoms with van der Waals surface area (Å²) in [4.78, 5) is 15.3. The van der Waals surface area contributed by atoms with Crippen molar-refractivity contribution in [2.75, 3.05) is 14.2 Å². The van der Waals surface area contributed by atoms with Crippen LogP contribution in [0.5, 0.6) is 17.2 Å². The number of halogens is 1. The molecule has 0 aromatic heterocycles. The Morgan fingerprint density at radius 2 is 1.88 bits per heavy atom. The molecule has 4 rings (SSSR count). The molecule has 1 aliphatic heterocycles.